The van der Waals surface area contributed by atoms with E-state index >= 15 is 0 Å². The first-order chi connectivity index (χ1) is 8.08. The van der Waals surface area contributed by atoms with Gasteiger partial charge in [0.25, 0.3) is 0 Å². The number of aromatic nitrogens is 1. The number of nitrogens with zero attached hydrogens (tertiary/aromatic N) is 3. The Hall–Kier alpha value is -2.29. The van der Waals surface area contributed by atoms with Gasteiger partial charge in [0.15, 0.2) is 5.69 Å². The molecule has 1 aromatic heterocycles. The van der Waals surface area contributed by atoms with Gasteiger partial charge < -0.3 is 16.0 Å². The van der Waals surface area contributed by atoms with Gasteiger partial charge >= 0.3 is 0 Å². The summed E-state index contributed by atoms with van der Waals surface area (Å²) >= 11 is 0. The normalized spacial score (nSPS) is 9.47. The maximum Gasteiger partial charge on any atom is 0.241 e. The Labute approximate surface area is 100 Å². The quantitative estimate of drug-likeness (QED) is 0.786. The van der Waals surface area contributed by atoms with E-state index in [1.165, 1.54) is 0 Å². The molecule has 0 spiro atoms. The largest absolute Gasteiger partial charge is 0.396 e. The molecular weight excluding hydrogens is 218 g/mol. The average molecular weight is 233 g/mol. The third-order valence-electron chi connectivity index (χ3n) is 2.35. The number of amides is 1. The van der Waals surface area contributed by atoms with Crippen molar-refractivity contribution in [2.24, 2.45) is 0 Å². The summed E-state index contributed by atoms with van der Waals surface area (Å²) in [5.74, 6) is 0.429. The minimum atomic E-state index is -0.0374. The molecule has 0 fully saturated rings. The van der Waals surface area contributed by atoms with Gasteiger partial charge in [-0.2, -0.15) is 5.26 Å². The number of nitrogens with one attached hydrogen (secondary N) is 1. The van der Waals surface area contributed by atoms with E-state index in [0.29, 0.717) is 18.1 Å². The van der Waals surface area contributed by atoms with Crippen molar-refractivity contribution in [1.29, 1.82) is 5.26 Å². The number of pyridine rings is 1. The molecule has 0 saturated heterocycles. The van der Waals surface area contributed by atoms with Gasteiger partial charge in [0.05, 0.1) is 12.2 Å². The summed E-state index contributed by atoms with van der Waals surface area (Å²) in [7, 11) is 1.72. The number of rotatable bonds is 4. The molecule has 17 heavy (non-hydrogen) atoms. The second-order valence-corrected chi connectivity index (χ2v) is 3.51. The first-order valence-corrected chi connectivity index (χ1v) is 5.23. The van der Waals surface area contributed by atoms with E-state index in [1.54, 1.807) is 24.1 Å². The Balaban J connectivity index is 2.65. The zero-order chi connectivity index (χ0) is 12.8. The fourth-order valence-electron chi connectivity index (χ4n) is 1.14. The smallest absolute Gasteiger partial charge is 0.241 e. The number of nitrogens with two attached hydrogens (primary N) is 1. The van der Waals surface area contributed by atoms with Crippen LogP contribution in [0, 0.1) is 11.3 Å². The predicted molar refractivity (Wildman–Crippen MR) is 65.2 cm³/mol. The summed E-state index contributed by atoms with van der Waals surface area (Å²) in [6, 6.07) is 5.11. The van der Waals surface area contributed by atoms with E-state index in [2.05, 4.69) is 10.3 Å². The highest BCUT2D eigenvalue weighted by molar-refractivity contribution is 5.80. The van der Waals surface area contributed by atoms with Gasteiger partial charge in [0.2, 0.25) is 5.91 Å². The molecule has 0 saturated carbocycles. The van der Waals surface area contributed by atoms with Gasteiger partial charge in [0.1, 0.15) is 11.9 Å². The second kappa shape index (κ2) is 5.70. The highest BCUT2D eigenvalue weighted by atomic mass is 16.2. The van der Waals surface area contributed by atoms with Crippen LogP contribution in [0.5, 0.6) is 0 Å². The van der Waals surface area contributed by atoms with Gasteiger partial charge in [0, 0.05) is 13.6 Å². The molecule has 1 rings (SSSR count). The number of anilines is 2. The monoisotopic (exact) mass is 233 g/mol. The van der Waals surface area contributed by atoms with Gasteiger partial charge in [-0.1, -0.05) is 0 Å². The molecule has 0 unspecified atom stereocenters. The lowest BCUT2D eigenvalue weighted by Crippen LogP contribution is -2.32. The molecule has 1 heterocycles. The zero-order valence-electron chi connectivity index (χ0n) is 9.90. The molecular formula is C11H15N5O. The molecule has 3 N–H and O–H groups in total. The van der Waals surface area contributed by atoms with Crippen molar-refractivity contribution in [2.45, 2.75) is 6.92 Å². The van der Waals surface area contributed by atoms with Crippen LogP contribution >= 0.6 is 0 Å². The summed E-state index contributed by atoms with van der Waals surface area (Å²) < 4.78 is 0. The lowest BCUT2D eigenvalue weighted by atomic mass is 10.3. The minimum Gasteiger partial charge on any atom is -0.396 e. The van der Waals surface area contributed by atoms with Crippen LogP contribution in [0.15, 0.2) is 12.1 Å². The van der Waals surface area contributed by atoms with E-state index in [0.717, 1.165) is 0 Å². The van der Waals surface area contributed by atoms with E-state index in [-0.39, 0.29) is 18.1 Å². The molecule has 1 amide bonds. The summed E-state index contributed by atoms with van der Waals surface area (Å²) in [4.78, 5) is 17.1. The lowest BCUT2D eigenvalue weighted by molar-refractivity contribution is -0.127. The van der Waals surface area contributed by atoms with E-state index in [1.807, 2.05) is 13.0 Å². The van der Waals surface area contributed by atoms with Crippen LogP contribution in [0.3, 0.4) is 0 Å². The average Bonchev–Trinajstić information content (AvgIpc) is 2.36. The van der Waals surface area contributed by atoms with Crippen molar-refractivity contribution in [3.63, 3.8) is 0 Å². The number of hydrogen-bond acceptors (Lipinski definition) is 5. The zero-order valence-corrected chi connectivity index (χ0v) is 9.90. The number of nitriles is 1. The predicted octanol–water partition coefficient (Wildman–Crippen LogP) is 0.426. The van der Waals surface area contributed by atoms with E-state index in [4.69, 9.17) is 11.0 Å². The fraction of sp³-hybridized carbons (Fsp3) is 0.364. The van der Waals surface area contributed by atoms with Crippen LogP contribution in [0.25, 0.3) is 0 Å². The first-order valence-electron chi connectivity index (χ1n) is 5.23. The SMILES string of the molecule is CCN(C)C(=O)CNc1ccc(N)c(C#N)n1. The van der Waals surface area contributed by atoms with Gasteiger partial charge in [-0.15, -0.1) is 0 Å². The van der Waals surface area contributed by atoms with Crippen molar-refractivity contribution in [3.8, 4) is 6.07 Å². The highest BCUT2D eigenvalue weighted by Crippen LogP contribution is 2.11. The van der Waals surface area contributed by atoms with E-state index in [9.17, 15) is 4.79 Å². The van der Waals surface area contributed by atoms with Gasteiger partial charge in [-0.05, 0) is 19.1 Å². The molecule has 0 radical (unpaired) electrons. The summed E-state index contributed by atoms with van der Waals surface area (Å²) in [6.07, 6.45) is 0. The molecule has 0 aliphatic carbocycles. The number of hydrogen-bond donors (Lipinski definition) is 2. The molecule has 0 aromatic carbocycles. The summed E-state index contributed by atoms with van der Waals surface area (Å²) in [5, 5.41) is 11.6. The van der Waals surface area contributed by atoms with Crippen molar-refractivity contribution in [1.82, 2.24) is 9.88 Å². The van der Waals surface area contributed by atoms with Crippen molar-refractivity contribution < 1.29 is 4.79 Å². The first kappa shape index (κ1) is 12.8. The Morgan fingerprint density at radius 2 is 2.35 bits per heavy atom. The molecule has 6 nitrogen and oxygen atoms in total. The summed E-state index contributed by atoms with van der Waals surface area (Å²) in [6.45, 7) is 2.69. The number of nitrogen functional groups attached to an aromatic ring is 1. The lowest BCUT2D eigenvalue weighted by Gasteiger charge is -2.15. The minimum absolute atomic E-state index is 0.0374. The Kier molecular flexibility index (Phi) is 4.29. The van der Waals surface area contributed by atoms with E-state index < -0.39 is 0 Å². The van der Waals surface area contributed by atoms with Crippen LogP contribution in [-0.4, -0.2) is 35.9 Å². The van der Waals surface area contributed by atoms with Crippen molar-refractivity contribution in [2.75, 3.05) is 31.2 Å². The third kappa shape index (κ3) is 3.34. The number of likely N-dealkylation sites (N-methyl/N-ethyl adjacent to an activating group) is 1. The molecule has 90 valence electrons. The standard InChI is InChI=1S/C11H15N5O/c1-3-16(2)11(17)7-14-10-5-4-8(13)9(6-12)15-10/h4-5H,3,7,13H2,1-2H3,(H,14,15). The molecule has 1 aromatic rings. The van der Waals surface area contributed by atoms with Crippen molar-refractivity contribution >= 4 is 17.4 Å². The van der Waals surface area contributed by atoms with Gasteiger partial charge in [-0.3, -0.25) is 4.79 Å². The van der Waals surface area contributed by atoms with Crippen LogP contribution in [0.2, 0.25) is 0 Å². The third-order valence-corrected chi connectivity index (χ3v) is 2.35. The Morgan fingerprint density at radius 1 is 1.65 bits per heavy atom. The fourth-order valence-corrected chi connectivity index (χ4v) is 1.14. The van der Waals surface area contributed by atoms with Gasteiger partial charge in [-0.25, -0.2) is 4.98 Å². The maximum atomic E-state index is 11.5. The second-order valence-electron chi connectivity index (χ2n) is 3.51. The molecule has 0 bridgehead atoms. The Bertz CT molecular complexity index is 452. The topological polar surface area (TPSA) is 95.0 Å². The molecule has 6 heteroatoms. The highest BCUT2D eigenvalue weighted by Gasteiger charge is 2.07. The molecule has 0 aliphatic rings. The maximum absolute atomic E-state index is 11.5. The Morgan fingerprint density at radius 3 is 2.94 bits per heavy atom. The molecule has 0 aliphatic heterocycles. The van der Waals surface area contributed by atoms with Crippen LogP contribution in [0.1, 0.15) is 12.6 Å². The van der Waals surface area contributed by atoms with Crippen molar-refractivity contribution in [3.05, 3.63) is 17.8 Å². The van der Waals surface area contributed by atoms with Crippen LogP contribution in [0.4, 0.5) is 11.5 Å². The van der Waals surface area contributed by atoms with Crippen LogP contribution < -0.4 is 11.1 Å². The summed E-state index contributed by atoms with van der Waals surface area (Å²) in [5.41, 5.74) is 6.03. The van der Waals surface area contributed by atoms with Crippen LogP contribution in [-0.2, 0) is 4.79 Å². The molecule has 0 atom stereocenters. The number of carbonyl (C=O) groups excluding carboxylic acids is 1. The number of carbonyl (C=O) groups is 1.